The number of imidazole rings is 1. The van der Waals surface area contributed by atoms with Gasteiger partial charge in [0, 0.05) is 24.8 Å². The second-order valence-electron chi connectivity index (χ2n) is 7.78. The molecule has 0 bridgehead atoms. The molecule has 0 saturated heterocycles. The van der Waals surface area contributed by atoms with Gasteiger partial charge in [-0.2, -0.15) is 0 Å². The highest BCUT2D eigenvalue weighted by Gasteiger charge is 2.21. The number of rotatable bonds is 9. The van der Waals surface area contributed by atoms with Crippen LogP contribution in [0.25, 0.3) is 11.2 Å². The van der Waals surface area contributed by atoms with Gasteiger partial charge in [-0.05, 0) is 50.5 Å². The normalized spacial score (nSPS) is 11.2. The number of carbonyl (C=O) groups excluding carboxylic acids is 1. The number of hydrogen-bond donors (Lipinski definition) is 0. The molecule has 29 heavy (non-hydrogen) atoms. The molecule has 0 aliphatic carbocycles. The fourth-order valence-corrected chi connectivity index (χ4v) is 3.70. The molecular formula is C24H32N4O. The smallest absolute Gasteiger partial charge is 0.254 e. The summed E-state index contributed by atoms with van der Waals surface area (Å²) in [6.07, 6.45) is 6.04. The number of amides is 1. The number of carbonyl (C=O) groups is 1. The number of unbranched alkanes of at least 4 members (excludes halogenated alkanes) is 2. The first-order chi connectivity index (χ1) is 14.0. The molecule has 2 heterocycles. The van der Waals surface area contributed by atoms with Crippen LogP contribution in [0.1, 0.15) is 66.8 Å². The van der Waals surface area contributed by atoms with Crippen molar-refractivity contribution in [2.24, 2.45) is 0 Å². The molecule has 0 unspecified atom stereocenters. The Kier molecular flexibility index (Phi) is 7.02. The molecule has 0 fully saturated rings. The standard InChI is InChI=1S/C24H32N4O/c1-5-7-8-15-27(24(29)20-16-18(3)11-12-19(20)4)17-22-26-21-10-9-13-25-23(21)28(22)14-6-2/h9-13,16H,5-8,14-15,17H2,1-4H3. The van der Waals surface area contributed by atoms with Crippen LogP contribution in [0.5, 0.6) is 0 Å². The molecule has 0 saturated carbocycles. The van der Waals surface area contributed by atoms with Crippen LogP contribution >= 0.6 is 0 Å². The lowest BCUT2D eigenvalue weighted by atomic mass is 10.0. The highest BCUT2D eigenvalue weighted by molar-refractivity contribution is 5.95. The summed E-state index contributed by atoms with van der Waals surface area (Å²) in [6, 6.07) is 9.99. The van der Waals surface area contributed by atoms with Crippen molar-refractivity contribution in [3.05, 3.63) is 59.0 Å². The van der Waals surface area contributed by atoms with Crippen LogP contribution in [-0.4, -0.2) is 31.9 Å². The molecule has 3 rings (SSSR count). The quantitative estimate of drug-likeness (QED) is 0.465. The van der Waals surface area contributed by atoms with Crippen molar-refractivity contribution < 1.29 is 4.79 Å². The molecule has 2 aromatic heterocycles. The topological polar surface area (TPSA) is 51.0 Å². The number of aryl methyl sites for hydroxylation is 3. The summed E-state index contributed by atoms with van der Waals surface area (Å²) in [4.78, 5) is 24.8. The van der Waals surface area contributed by atoms with Crippen molar-refractivity contribution >= 4 is 17.1 Å². The van der Waals surface area contributed by atoms with Gasteiger partial charge in [-0.25, -0.2) is 9.97 Å². The number of pyridine rings is 1. The Hall–Kier alpha value is -2.69. The van der Waals surface area contributed by atoms with E-state index in [1.54, 1.807) is 6.20 Å². The van der Waals surface area contributed by atoms with Crippen LogP contribution in [-0.2, 0) is 13.1 Å². The molecule has 0 aliphatic heterocycles. The number of fused-ring (bicyclic) bond motifs is 1. The molecule has 3 aromatic rings. The highest BCUT2D eigenvalue weighted by Crippen LogP contribution is 2.19. The maximum Gasteiger partial charge on any atom is 0.254 e. The van der Waals surface area contributed by atoms with Gasteiger partial charge in [0.1, 0.15) is 11.3 Å². The summed E-state index contributed by atoms with van der Waals surface area (Å²) in [7, 11) is 0. The average molecular weight is 393 g/mol. The summed E-state index contributed by atoms with van der Waals surface area (Å²) >= 11 is 0. The predicted octanol–water partition coefficient (Wildman–Crippen LogP) is 5.29. The second-order valence-corrected chi connectivity index (χ2v) is 7.78. The SMILES string of the molecule is CCCCCN(Cc1nc2cccnc2n1CCC)C(=O)c1cc(C)ccc1C. The number of benzene rings is 1. The van der Waals surface area contributed by atoms with Gasteiger partial charge in [-0.1, -0.05) is 44.4 Å². The zero-order valence-corrected chi connectivity index (χ0v) is 18.1. The summed E-state index contributed by atoms with van der Waals surface area (Å²) in [6.45, 7) is 10.5. The lowest BCUT2D eigenvalue weighted by molar-refractivity contribution is 0.0733. The van der Waals surface area contributed by atoms with Gasteiger partial charge in [-0.15, -0.1) is 0 Å². The number of hydrogen-bond acceptors (Lipinski definition) is 3. The van der Waals surface area contributed by atoms with Gasteiger partial charge >= 0.3 is 0 Å². The number of aromatic nitrogens is 3. The second kappa shape index (κ2) is 9.68. The zero-order valence-electron chi connectivity index (χ0n) is 18.1. The Balaban J connectivity index is 1.95. The molecule has 1 aromatic carbocycles. The van der Waals surface area contributed by atoms with Crippen molar-refractivity contribution in [1.82, 2.24) is 19.4 Å². The summed E-state index contributed by atoms with van der Waals surface area (Å²) < 4.78 is 2.17. The first kappa shape index (κ1) is 21.0. The van der Waals surface area contributed by atoms with E-state index in [1.807, 2.05) is 43.0 Å². The van der Waals surface area contributed by atoms with Crippen LogP contribution in [0, 0.1) is 13.8 Å². The first-order valence-electron chi connectivity index (χ1n) is 10.7. The van der Waals surface area contributed by atoms with E-state index in [0.717, 1.165) is 72.5 Å². The fourth-order valence-electron chi connectivity index (χ4n) is 3.70. The summed E-state index contributed by atoms with van der Waals surface area (Å²) in [5, 5.41) is 0. The van der Waals surface area contributed by atoms with E-state index in [2.05, 4.69) is 29.5 Å². The molecule has 0 N–H and O–H groups in total. The highest BCUT2D eigenvalue weighted by atomic mass is 16.2. The third-order valence-electron chi connectivity index (χ3n) is 5.30. The van der Waals surface area contributed by atoms with Crippen molar-refractivity contribution in [2.75, 3.05) is 6.54 Å². The van der Waals surface area contributed by atoms with Gasteiger partial charge in [0.25, 0.3) is 5.91 Å². The van der Waals surface area contributed by atoms with E-state index in [9.17, 15) is 4.79 Å². The molecule has 154 valence electrons. The van der Waals surface area contributed by atoms with Crippen LogP contribution in [0.4, 0.5) is 0 Å². The Labute approximate surface area is 173 Å². The van der Waals surface area contributed by atoms with Crippen LogP contribution in [0.2, 0.25) is 0 Å². The monoisotopic (exact) mass is 392 g/mol. The van der Waals surface area contributed by atoms with Crippen LogP contribution in [0.15, 0.2) is 36.5 Å². The van der Waals surface area contributed by atoms with Gasteiger partial charge in [0.05, 0.1) is 6.54 Å². The maximum absolute atomic E-state index is 13.5. The molecule has 5 heteroatoms. The molecule has 0 atom stereocenters. The minimum absolute atomic E-state index is 0.0883. The predicted molar refractivity (Wildman–Crippen MR) is 118 cm³/mol. The van der Waals surface area contributed by atoms with Crippen molar-refractivity contribution in [2.45, 2.75) is 66.5 Å². The van der Waals surface area contributed by atoms with E-state index in [-0.39, 0.29) is 5.91 Å². The summed E-state index contributed by atoms with van der Waals surface area (Å²) in [5.74, 6) is 1.00. The first-order valence-corrected chi connectivity index (χ1v) is 10.7. The largest absolute Gasteiger partial charge is 0.331 e. The Morgan fingerprint density at radius 3 is 2.69 bits per heavy atom. The zero-order chi connectivity index (χ0) is 20.8. The summed E-state index contributed by atoms with van der Waals surface area (Å²) in [5.41, 5.74) is 4.71. The van der Waals surface area contributed by atoms with Gasteiger partial charge in [-0.3, -0.25) is 4.79 Å². The van der Waals surface area contributed by atoms with E-state index in [4.69, 9.17) is 4.98 Å². The Morgan fingerprint density at radius 1 is 1.10 bits per heavy atom. The van der Waals surface area contributed by atoms with Gasteiger partial charge < -0.3 is 9.47 Å². The Bertz CT molecular complexity index is 976. The minimum atomic E-state index is 0.0883. The van der Waals surface area contributed by atoms with Crippen LogP contribution < -0.4 is 0 Å². The molecule has 0 aliphatic rings. The lowest BCUT2D eigenvalue weighted by Crippen LogP contribution is -2.33. The molecule has 1 amide bonds. The third-order valence-corrected chi connectivity index (χ3v) is 5.30. The van der Waals surface area contributed by atoms with E-state index >= 15 is 0 Å². The van der Waals surface area contributed by atoms with E-state index < -0.39 is 0 Å². The maximum atomic E-state index is 13.5. The minimum Gasteiger partial charge on any atom is -0.331 e. The van der Waals surface area contributed by atoms with Gasteiger partial charge in [0.15, 0.2) is 5.65 Å². The van der Waals surface area contributed by atoms with Crippen molar-refractivity contribution in [1.29, 1.82) is 0 Å². The van der Waals surface area contributed by atoms with Gasteiger partial charge in [0.2, 0.25) is 0 Å². The Morgan fingerprint density at radius 2 is 1.93 bits per heavy atom. The lowest BCUT2D eigenvalue weighted by Gasteiger charge is -2.24. The van der Waals surface area contributed by atoms with Crippen molar-refractivity contribution in [3.8, 4) is 0 Å². The average Bonchev–Trinajstić information content (AvgIpc) is 3.06. The molecule has 0 radical (unpaired) electrons. The third kappa shape index (κ3) is 4.84. The van der Waals surface area contributed by atoms with E-state index in [1.165, 1.54) is 0 Å². The van der Waals surface area contributed by atoms with Crippen molar-refractivity contribution in [3.63, 3.8) is 0 Å². The molecule has 0 spiro atoms. The number of nitrogens with zero attached hydrogens (tertiary/aromatic N) is 4. The van der Waals surface area contributed by atoms with E-state index in [0.29, 0.717) is 6.54 Å². The fraction of sp³-hybridized carbons (Fsp3) is 0.458. The molecule has 5 nitrogen and oxygen atoms in total. The van der Waals surface area contributed by atoms with Crippen LogP contribution in [0.3, 0.4) is 0 Å². The molecular weight excluding hydrogens is 360 g/mol.